The molecule has 9 heteroatoms. The van der Waals surface area contributed by atoms with E-state index in [1.54, 1.807) is 30.3 Å². The van der Waals surface area contributed by atoms with E-state index >= 15 is 0 Å². The van der Waals surface area contributed by atoms with Crippen molar-refractivity contribution >= 4 is 35.2 Å². The zero-order valence-electron chi connectivity index (χ0n) is 14.6. The Morgan fingerprint density at radius 1 is 1.04 bits per heavy atom. The molecular formula is C18H17ClN6O2. The quantitative estimate of drug-likeness (QED) is 0.549. The van der Waals surface area contributed by atoms with Crippen LogP contribution in [0.5, 0.6) is 0 Å². The van der Waals surface area contributed by atoms with Crippen molar-refractivity contribution in [2.24, 2.45) is 0 Å². The molecule has 8 nitrogen and oxygen atoms in total. The summed E-state index contributed by atoms with van der Waals surface area (Å²) < 4.78 is 0. The lowest BCUT2D eigenvalue weighted by Crippen LogP contribution is -2.14. The number of aromatic carboxylic acids is 1. The van der Waals surface area contributed by atoms with Crippen LogP contribution in [0.4, 0.5) is 17.6 Å². The lowest BCUT2D eigenvalue weighted by atomic mass is 10.2. The van der Waals surface area contributed by atoms with Crippen LogP contribution in [0, 0.1) is 0 Å². The zero-order valence-corrected chi connectivity index (χ0v) is 15.4. The lowest BCUT2D eigenvalue weighted by molar-refractivity contribution is 0.0697. The summed E-state index contributed by atoms with van der Waals surface area (Å²) in [6, 6.07) is 11.6. The van der Waals surface area contributed by atoms with Crippen molar-refractivity contribution in [2.75, 3.05) is 10.6 Å². The van der Waals surface area contributed by atoms with Crippen LogP contribution in [0.2, 0.25) is 5.15 Å². The van der Waals surface area contributed by atoms with E-state index in [2.05, 4.69) is 30.6 Å². The van der Waals surface area contributed by atoms with Crippen molar-refractivity contribution in [3.8, 4) is 11.5 Å². The van der Waals surface area contributed by atoms with Crippen molar-refractivity contribution < 1.29 is 9.90 Å². The number of hydrogen-bond donors (Lipinski definition) is 3. The average molecular weight is 385 g/mol. The predicted octanol–water partition coefficient (Wildman–Crippen LogP) is 3.85. The molecule has 0 unspecified atom stereocenters. The van der Waals surface area contributed by atoms with Gasteiger partial charge in [-0.15, -0.1) is 0 Å². The first-order valence-corrected chi connectivity index (χ1v) is 8.54. The van der Waals surface area contributed by atoms with Gasteiger partial charge in [0.05, 0.1) is 5.56 Å². The largest absolute Gasteiger partial charge is 0.478 e. The van der Waals surface area contributed by atoms with Crippen molar-refractivity contribution in [3.05, 3.63) is 53.2 Å². The number of carboxylic acids is 1. The Labute approximate surface area is 160 Å². The Hall–Kier alpha value is -3.26. The van der Waals surface area contributed by atoms with Crippen LogP contribution in [0.25, 0.3) is 11.5 Å². The number of benzene rings is 1. The Kier molecular flexibility index (Phi) is 5.46. The van der Waals surface area contributed by atoms with E-state index in [1.807, 2.05) is 13.8 Å². The summed E-state index contributed by atoms with van der Waals surface area (Å²) in [5.74, 6) is -0.0473. The second kappa shape index (κ2) is 7.96. The number of nitrogens with one attached hydrogen (secondary N) is 2. The van der Waals surface area contributed by atoms with E-state index in [-0.39, 0.29) is 17.6 Å². The molecule has 0 amide bonds. The van der Waals surface area contributed by atoms with E-state index in [1.165, 1.54) is 12.1 Å². The Balaban J connectivity index is 2.00. The first-order chi connectivity index (χ1) is 12.9. The third kappa shape index (κ3) is 4.89. The maximum absolute atomic E-state index is 11.2. The summed E-state index contributed by atoms with van der Waals surface area (Å²) in [4.78, 5) is 28.5. The minimum Gasteiger partial charge on any atom is -0.478 e. The van der Waals surface area contributed by atoms with Crippen LogP contribution in [0.3, 0.4) is 0 Å². The van der Waals surface area contributed by atoms with Gasteiger partial charge in [0, 0.05) is 11.7 Å². The fourth-order valence-electron chi connectivity index (χ4n) is 2.26. The summed E-state index contributed by atoms with van der Waals surface area (Å²) in [5.41, 5.74) is 1.20. The third-order valence-corrected chi connectivity index (χ3v) is 3.57. The van der Waals surface area contributed by atoms with Gasteiger partial charge in [0.2, 0.25) is 11.9 Å². The summed E-state index contributed by atoms with van der Waals surface area (Å²) in [6.07, 6.45) is 0. The van der Waals surface area contributed by atoms with Crippen LogP contribution >= 0.6 is 11.6 Å². The minimum absolute atomic E-state index is 0.107. The number of anilines is 3. The van der Waals surface area contributed by atoms with Gasteiger partial charge in [-0.2, -0.15) is 15.0 Å². The zero-order chi connectivity index (χ0) is 19.4. The number of pyridine rings is 1. The van der Waals surface area contributed by atoms with Crippen molar-refractivity contribution in [1.82, 2.24) is 19.9 Å². The van der Waals surface area contributed by atoms with Gasteiger partial charge in [0.15, 0.2) is 5.82 Å². The fourth-order valence-corrected chi connectivity index (χ4v) is 2.42. The molecule has 3 N–H and O–H groups in total. The van der Waals surface area contributed by atoms with E-state index in [0.29, 0.717) is 28.3 Å². The van der Waals surface area contributed by atoms with E-state index < -0.39 is 5.97 Å². The van der Waals surface area contributed by atoms with Gasteiger partial charge in [-0.25, -0.2) is 9.78 Å². The molecule has 0 fully saturated rings. The summed E-state index contributed by atoms with van der Waals surface area (Å²) in [6.45, 7) is 3.93. The molecule has 0 radical (unpaired) electrons. The molecule has 27 heavy (non-hydrogen) atoms. The predicted molar refractivity (Wildman–Crippen MR) is 104 cm³/mol. The topological polar surface area (TPSA) is 113 Å². The van der Waals surface area contributed by atoms with Gasteiger partial charge in [0.1, 0.15) is 10.8 Å². The number of halogens is 1. The summed E-state index contributed by atoms with van der Waals surface area (Å²) in [5, 5.41) is 15.6. The first-order valence-electron chi connectivity index (χ1n) is 8.16. The monoisotopic (exact) mass is 384 g/mol. The number of carboxylic acid groups (broad SMARTS) is 1. The molecule has 3 aromatic rings. The molecule has 0 bridgehead atoms. The smallest absolute Gasteiger partial charge is 0.335 e. The third-order valence-electron chi connectivity index (χ3n) is 3.36. The Morgan fingerprint density at radius 3 is 2.48 bits per heavy atom. The molecule has 0 aliphatic rings. The van der Waals surface area contributed by atoms with Gasteiger partial charge < -0.3 is 15.7 Å². The number of carbonyl (C=O) groups is 1. The highest BCUT2D eigenvalue weighted by molar-refractivity contribution is 6.29. The van der Waals surface area contributed by atoms with Crippen LogP contribution in [-0.2, 0) is 0 Å². The SMILES string of the molecule is CC(C)Nc1nc(Nc2cccc(C(=O)O)c2)nc(-c2cccc(Cl)n2)n1. The molecule has 3 rings (SSSR count). The average Bonchev–Trinajstić information content (AvgIpc) is 2.61. The fraction of sp³-hybridized carbons (Fsp3) is 0.167. The number of nitrogens with zero attached hydrogens (tertiary/aromatic N) is 4. The molecule has 0 spiro atoms. The maximum Gasteiger partial charge on any atom is 0.335 e. The molecule has 0 atom stereocenters. The van der Waals surface area contributed by atoms with E-state index in [9.17, 15) is 4.79 Å². The molecule has 0 aliphatic heterocycles. The number of rotatable bonds is 6. The Morgan fingerprint density at radius 2 is 1.78 bits per heavy atom. The normalized spacial score (nSPS) is 10.7. The standard InChI is InChI=1S/C18H17ClN6O2/c1-10(2)20-17-23-15(13-7-4-8-14(19)22-13)24-18(25-17)21-12-6-3-5-11(9-12)16(26)27/h3-10H,1-2H3,(H,26,27)(H2,20,21,23,24,25). The summed E-state index contributed by atoms with van der Waals surface area (Å²) >= 11 is 5.97. The van der Waals surface area contributed by atoms with Gasteiger partial charge in [-0.1, -0.05) is 23.7 Å². The second-order valence-corrected chi connectivity index (χ2v) is 6.35. The van der Waals surface area contributed by atoms with E-state index in [4.69, 9.17) is 16.7 Å². The van der Waals surface area contributed by atoms with Gasteiger partial charge in [-0.3, -0.25) is 0 Å². The highest BCUT2D eigenvalue weighted by atomic mass is 35.5. The van der Waals surface area contributed by atoms with Gasteiger partial charge in [0.25, 0.3) is 0 Å². The molecular weight excluding hydrogens is 368 g/mol. The lowest BCUT2D eigenvalue weighted by Gasteiger charge is -2.12. The number of aromatic nitrogens is 4. The molecule has 0 aliphatic carbocycles. The highest BCUT2D eigenvalue weighted by Gasteiger charge is 2.12. The Bertz CT molecular complexity index is 980. The molecule has 0 saturated heterocycles. The summed E-state index contributed by atoms with van der Waals surface area (Å²) in [7, 11) is 0. The maximum atomic E-state index is 11.2. The van der Waals surface area contributed by atoms with Crippen LogP contribution < -0.4 is 10.6 Å². The van der Waals surface area contributed by atoms with Crippen molar-refractivity contribution in [1.29, 1.82) is 0 Å². The van der Waals surface area contributed by atoms with Crippen LogP contribution in [-0.4, -0.2) is 37.1 Å². The molecule has 2 heterocycles. The molecule has 138 valence electrons. The first kappa shape index (κ1) is 18.5. The highest BCUT2D eigenvalue weighted by Crippen LogP contribution is 2.21. The number of hydrogen-bond acceptors (Lipinski definition) is 7. The second-order valence-electron chi connectivity index (χ2n) is 5.96. The van der Waals surface area contributed by atoms with Crippen molar-refractivity contribution in [2.45, 2.75) is 19.9 Å². The van der Waals surface area contributed by atoms with Gasteiger partial charge in [-0.05, 0) is 44.2 Å². The molecule has 2 aromatic heterocycles. The van der Waals surface area contributed by atoms with Crippen LogP contribution in [0.1, 0.15) is 24.2 Å². The van der Waals surface area contributed by atoms with E-state index in [0.717, 1.165) is 0 Å². The minimum atomic E-state index is -1.01. The van der Waals surface area contributed by atoms with Crippen molar-refractivity contribution in [3.63, 3.8) is 0 Å². The molecule has 0 saturated carbocycles. The molecule has 1 aromatic carbocycles. The van der Waals surface area contributed by atoms with Gasteiger partial charge >= 0.3 is 5.97 Å². The van der Waals surface area contributed by atoms with Crippen LogP contribution in [0.15, 0.2) is 42.5 Å².